The molecule has 5 nitrogen and oxygen atoms in total. The maximum absolute atomic E-state index is 13.4. The summed E-state index contributed by atoms with van der Waals surface area (Å²) in [6.07, 6.45) is 2.54. The highest BCUT2D eigenvalue weighted by Gasteiger charge is 2.35. The average molecular weight is 478 g/mol. The summed E-state index contributed by atoms with van der Waals surface area (Å²) >= 11 is 11.6. The summed E-state index contributed by atoms with van der Waals surface area (Å²) in [7, 11) is 0. The number of hydrogen-bond acceptors (Lipinski definition) is 3. The summed E-state index contributed by atoms with van der Waals surface area (Å²) in [5.74, 6) is -0.993. The van der Waals surface area contributed by atoms with Crippen LogP contribution in [-0.4, -0.2) is 21.5 Å². The Morgan fingerprint density at radius 3 is 2.45 bits per heavy atom. The second-order valence-electron chi connectivity index (χ2n) is 7.99. The maximum Gasteiger partial charge on any atom is 0.270 e. The normalized spacial score (nSPS) is 15.4. The number of carbonyl (C=O) groups excluding carboxylic acids is 2. The van der Waals surface area contributed by atoms with E-state index in [2.05, 4.69) is 28.9 Å². The molecule has 0 spiro atoms. The molecule has 2 amide bonds. The van der Waals surface area contributed by atoms with Crippen LogP contribution < -0.4 is 10.2 Å². The predicted octanol–water partition coefficient (Wildman–Crippen LogP) is 5.45. The van der Waals surface area contributed by atoms with Crippen molar-refractivity contribution in [2.45, 2.75) is 34.1 Å². The first-order valence-corrected chi connectivity index (χ1v) is 11.5. The Bertz CT molecular complexity index is 1340. The Morgan fingerprint density at radius 2 is 1.73 bits per heavy atom. The molecular weight excluding hydrogens is 454 g/mol. The summed E-state index contributed by atoms with van der Waals surface area (Å²) in [4.78, 5) is 27.6. The Hall–Kier alpha value is -3.22. The van der Waals surface area contributed by atoms with Crippen molar-refractivity contribution in [3.63, 3.8) is 0 Å². The van der Waals surface area contributed by atoms with E-state index in [1.165, 1.54) is 10.5 Å². The van der Waals surface area contributed by atoms with Crippen molar-refractivity contribution in [2.24, 2.45) is 0 Å². The SMILES string of the molecule is CCc1ccccc1-n1c(C)cc(/C=C2\C(=O)NC(=S)N(c3cccc(Cl)c3C)C2=O)c1C. The largest absolute Gasteiger partial charge is 0.318 e. The second kappa shape index (κ2) is 8.96. The van der Waals surface area contributed by atoms with Gasteiger partial charge in [0.15, 0.2) is 5.11 Å². The first kappa shape index (κ1) is 23.0. The fourth-order valence-corrected chi connectivity index (χ4v) is 4.65. The lowest BCUT2D eigenvalue weighted by atomic mass is 10.1. The maximum atomic E-state index is 13.4. The number of carbonyl (C=O) groups is 2. The molecule has 3 aromatic rings. The Kier molecular flexibility index (Phi) is 6.23. The van der Waals surface area contributed by atoms with E-state index in [0.29, 0.717) is 16.3 Å². The number of halogens is 1. The summed E-state index contributed by atoms with van der Waals surface area (Å²) in [5.41, 5.74) is 6.35. The first-order valence-electron chi connectivity index (χ1n) is 10.7. The van der Waals surface area contributed by atoms with E-state index in [1.807, 2.05) is 39.0 Å². The zero-order chi connectivity index (χ0) is 23.9. The van der Waals surface area contributed by atoms with Crippen LogP contribution >= 0.6 is 23.8 Å². The summed E-state index contributed by atoms with van der Waals surface area (Å²) in [5, 5.41) is 3.20. The fourth-order valence-electron chi connectivity index (χ4n) is 4.20. The number of rotatable bonds is 4. The number of nitrogens with one attached hydrogen (secondary N) is 1. The molecule has 1 N–H and O–H groups in total. The molecule has 7 heteroatoms. The van der Waals surface area contributed by atoms with Gasteiger partial charge in [0.2, 0.25) is 0 Å². The van der Waals surface area contributed by atoms with E-state index < -0.39 is 11.8 Å². The zero-order valence-corrected chi connectivity index (χ0v) is 20.5. The molecule has 1 aromatic heterocycles. The molecule has 0 bridgehead atoms. The number of hydrogen-bond donors (Lipinski definition) is 1. The molecule has 33 heavy (non-hydrogen) atoms. The van der Waals surface area contributed by atoms with Crippen molar-refractivity contribution in [2.75, 3.05) is 4.90 Å². The van der Waals surface area contributed by atoms with Crippen LogP contribution in [0.1, 0.15) is 35.0 Å². The van der Waals surface area contributed by atoms with Gasteiger partial charge in [-0.25, -0.2) is 0 Å². The van der Waals surface area contributed by atoms with Crippen LogP contribution in [0.2, 0.25) is 5.02 Å². The highest BCUT2D eigenvalue weighted by atomic mass is 35.5. The zero-order valence-electron chi connectivity index (χ0n) is 18.9. The molecule has 4 rings (SSSR count). The quantitative estimate of drug-likeness (QED) is 0.309. The molecule has 1 fully saturated rings. The molecule has 0 aliphatic carbocycles. The standard InChI is InChI=1S/C26H24ClN3O2S/c1-5-18-9-6-7-11-23(18)29-15(2)13-19(17(29)4)14-20-24(31)28-26(33)30(25(20)32)22-12-8-10-21(27)16(22)3/h6-14H,5H2,1-4H3,(H,28,31,33)/b20-14+. The van der Waals surface area contributed by atoms with E-state index >= 15 is 0 Å². The molecule has 2 aromatic carbocycles. The van der Waals surface area contributed by atoms with Crippen LogP contribution in [0, 0.1) is 20.8 Å². The molecule has 1 aliphatic heterocycles. The van der Waals surface area contributed by atoms with E-state index in [-0.39, 0.29) is 10.7 Å². The van der Waals surface area contributed by atoms with Crippen LogP contribution in [0.25, 0.3) is 11.8 Å². The van der Waals surface area contributed by atoms with Gasteiger partial charge >= 0.3 is 0 Å². The summed E-state index contributed by atoms with van der Waals surface area (Å²) in [6, 6.07) is 15.5. The third-order valence-corrected chi connectivity index (χ3v) is 6.66. The van der Waals surface area contributed by atoms with Crippen molar-refractivity contribution in [1.29, 1.82) is 0 Å². The van der Waals surface area contributed by atoms with Crippen LogP contribution in [-0.2, 0) is 16.0 Å². The third-order valence-electron chi connectivity index (χ3n) is 5.97. The van der Waals surface area contributed by atoms with E-state index in [4.69, 9.17) is 23.8 Å². The van der Waals surface area contributed by atoms with Gasteiger partial charge in [-0.05, 0) is 86.4 Å². The lowest BCUT2D eigenvalue weighted by Crippen LogP contribution is -2.54. The van der Waals surface area contributed by atoms with Gasteiger partial charge in [0, 0.05) is 22.1 Å². The number of thiocarbonyl (C=S) groups is 1. The summed E-state index contributed by atoms with van der Waals surface area (Å²) < 4.78 is 2.15. The third kappa shape index (κ3) is 4.01. The Labute approximate surface area is 203 Å². The molecule has 0 atom stereocenters. The van der Waals surface area contributed by atoms with Crippen molar-refractivity contribution >= 4 is 52.5 Å². The van der Waals surface area contributed by atoms with Crippen molar-refractivity contribution < 1.29 is 9.59 Å². The molecule has 0 unspecified atom stereocenters. The van der Waals surface area contributed by atoms with Crippen molar-refractivity contribution in [3.05, 3.63) is 87.2 Å². The topological polar surface area (TPSA) is 54.3 Å². The van der Waals surface area contributed by atoms with Gasteiger partial charge in [-0.15, -0.1) is 0 Å². The minimum atomic E-state index is -0.514. The molecule has 1 aliphatic rings. The summed E-state index contributed by atoms with van der Waals surface area (Å²) in [6.45, 7) is 7.93. The number of aryl methyl sites for hydroxylation is 2. The highest BCUT2D eigenvalue weighted by Crippen LogP contribution is 2.31. The molecular formula is C26H24ClN3O2S. The van der Waals surface area contributed by atoms with Crippen molar-refractivity contribution in [1.82, 2.24) is 9.88 Å². The Balaban J connectivity index is 1.80. The Morgan fingerprint density at radius 1 is 1.03 bits per heavy atom. The second-order valence-corrected chi connectivity index (χ2v) is 8.78. The number of para-hydroxylation sites is 1. The smallest absolute Gasteiger partial charge is 0.270 e. The van der Waals surface area contributed by atoms with Crippen LogP contribution in [0.5, 0.6) is 0 Å². The van der Waals surface area contributed by atoms with E-state index in [0.717, 1.165) is 29.1 Å². The number of benzene rings is 2. The van der Waals surface area contributed by atoms with Gasteiger partial charge in [0.05, 0.1) is 5.69 Å². The lowest BCUT2D eigenvalue weighted by molar-refractivity contribution is -0.122. The minimum Gasteiger partial charge on any atom is -0.318 e. The van der Waals surface area contributed by atoms with Gasteiger partial charge < -0.3 is 4.57 Å². The van der Waals surface area contributed by atoms with Gasteiger partial charge in [-0.2, -0.15) is 0 Å². The van der Waals surface area contributed by atoms with Gasteiger partial charge in [0.25, 0.3) is 11.8 Å². The van der Waals surface area contributed by atoms with E-state index in [9.17, 15) is 9.59 Å². The number of anilines is 1. The highest BCUT2D eigenvalue weighted by molar-refractivity contribution is 7.80. The molecule has 168 valence electrons. The van der Waals surface area contributed by atoms with Gasteiger partial charge in [-0.3, -0.25) is 19.8 Å². The molecule has 0 saturated carbocycles. The monoisotopic (exact) mass is 477 g/mol. The van der Waals surface area contributed by atoms with E-state index in [1.54, 1.807) is 24.3 Å². The number of aromatic nitrogens is 1. The van der Waals surface area contributed by atoms with Crippen LogP contribution in [0.15, 0.2) is 54.1 Å². The van der Waals surface area contributed by atoms with Gasteiger partial charge in [0.1, 0.15) is 5.57 Å². The van der Waals surface area contributed by atoms with Crippen LogP contribution in [0.3, 0.4) is 0 Å². The average Bonchev–Trinajstić information content (AvgIpc) is 3.06. The number of amides is 2. The van der Waals surface area contributed by atoms with Crippen LogP contribution in [0.4, 0.5) is 5.69 Å². The molecule has 1 saturated heterocycles. The predicted molar refractivity (Wildman–Crippen MR) is 137 cm³/mol. The van der Waals surface area contributed by atoms with Crippen molar-refractivity contribution in [3.8, 4) is 5.69 Å². The molecule has 0 radical (unpaired) electrons. The number of nitrogens with zero attached hydrogens (tertiary/aromatic N) is 2. The molecule has 2 heterocycles. The lowest BCUT2D eigenvalue weighted by Gasteiger charge is -2.30. The minimum absolute atomic E-state index is 0.0204. The fraction of sp³-hybridized carbons (Fsp3) is 0.192. The van der Waals surface area contributed by atoms with Gasteiger partial charge in [-0.1, -0.05) is 42.8 Å². The first-order chi connectivity index (χ1) is 15.7.